The van der Waals surface area contributed by atoms with Gasteiger partial charge in [-0.3, -0.25) is 14.1 Å². The number of phosphoric acid groups is 1. The van der Waals surface area contributed by atoms with E-state index in [4.69, 9.17) is 24.0 Å². The molecule has 0 aliphatic carbocycles. The number of carbonyl (C=O) groups is 2. The van der Waals surface area contributed by atoms with Crippen molar-refractivity contribution in [3.8, 4) is 0 Å². The molecule has 10 heteroatoms. The van der Waals surface area contributed by atoms with Crippen LogP contribution in [0.1, 0.15) is 194 Å². The van der Waals surface area contributed by atoms with Crippen molar-refractivity contribution in [3.05, 3.63) is 60.8 Å². The predicted octanol–water partition coefficient (Wildman–Crippen LogP) is 13.1. The standard InChI is InChI=1S/C47H81O9P/c1-3-5-7-8-9-10-11-12-13-14-15-16-17-18-22-25-28-31-35-39-46(48)53-41-43(42-54-57(50,51)52)55-47(49)40-36-32-29-26-23-20-19-21-24-27-30-34-38-45-44(56-45)37-33-6-4-2/h6,20-21,23-24,29-30,32-34,43-45H,3-5,7-19,22,25-28,31,35-42H2,1-2H3,(H2,50,51,52)/b23-20-,24-21-,32-29-,33-6-,34-30-/t43-,44?,45?/m1/s1. The summed E-state index contributed by atoms with van der Waals surface area (Å²) in [6.45, 7) is 3.52. The fourth-order valence-electron chi connectivity index (χ4n) is 6.50. The van der Waals surface area contributed by atoms with Crippen LogP contribution in [0.4, 0.5) is 0 Å². The summed E-state index contributed by atoms with van der Waals surface area (Å²) >= 11 is 0. The van der Waals surface area contributed by atoms with Crippen LogP contribution in [0.3, 0.4) is 0 Å². The monoisotopic (exact) mass is 821 g/mol. The minimum Gasteiger partial charge on any atom is -0.462 e. The molecule has 1 fully saturated rings. The van der Waals surface area contributed by atoms with Gasteiger partial charge in [0, 0.05) is 12.8 Å². The van der Waals surface area contributed by atoms with Gasteiger partial charge in [0.05, 0.1) is 18.8 Å². The van der Waals surface area contributed by atoms with Crippen LogP contribution < -0.4 is 0 Å². The van der Waals surface area contributed by atoms with Crippen molar-refractivity contribution in [2.45, 2.75) is 212 Å². The lowest BCUT2D eigenvalue weighted by molar-refractivity contribution is -0.161. The van der Waals surface area contributed by atoms with Crippen LogP contribution in [-0.2, 0) is 32.9 Å². The SMILES string of the molecule is CC/C=C\CC1OC1C/C=C\C/C=C\C/C=C\C/C=C\CCC(=O)O[C@H](COC(=O)CCCCCCCCCCCCCCCCCCCCC)COP(=O)(O)O. The van der Waals surface area contributed by atoms with Gasteiger partial charge < -0.3 is 24.0 Å². The highest BCUT2D eigenvalue weighted by molar-refractivity contribution is 7.46. The first kappa shape index (κ1) is 52.7. The number of hydrogen-bond acceptors (Lipinski definition) is 7. The van der Waals surface area contributed by atoms with Crippen LogP contribution in [0.5, 0.6) is 0 Å². The molecule has 57 heavy (non-hydrogen) atoms. The first-order valence-electron chi connectivity index (χ1n) is 22.7. The number of carbonyl (C=O) groups excluding carboxylic acids is 2. The van der Waals surface area contributed by atoms with E-state index in [0.29, 0.717) is 25.0 Å². The Labute approximate surface area is 347 Å². The van der Waals surface area contributed by atoms with Crippen molar-refractivity contribution in [2.24, 2.45) is 0 Å². The zero-order valence-electron chi connectivity index (χ0n) is 35.9. The second-order valence-electron chi connectivity index (χ2n) is 15.4. The fourth-order valence-corrected chi connectivity index (χ4v) is 6.86. The minimum atomic E-state index is -4.78. The molecule has 1 rings (SSSR count). The van der Waals surface area contributed by atoms with Crippen molar-refractivity contribution in [3.63, 3.8) is 0 Å². The zero-order valence-corrected chi connectivity index (χ0v) is 36.8. The molecule has 0 spiro atoms. The Morgan fingerprint density at radius 1 is 0.561 bits per heavy atom. The van der Waals surface area contributed by atoms with Crippen LogP contribution in [0.2, 0.25) is 0 Å². The van der Waals surface area contributed by atoms with Crippen molar-refractivity contribution in [1.29, 1.82) is 0 Å². The number of hydrogen-bond donors (Lipinski definition) is 2. The maximum absolute atomic E-state index is 12.4. The number of phosphoric ester groups is 1. The summed E-state index contributed by atoms with van der Waals surface area (Å²) in [6.07, 6.45) is 51.4. The van der Waals surface area contributed by atoms with Crippen LogP contribution in [0.15, 0.2) is 60.8 Å². The van der Waals surface area contributed by atoms with E-state index in [9.17, 15) is 14.2 Å². The van der Waals surface area contributed by atoms with Gasteiger partial charge in [-0.25, -0.2) is 4.57 Å². The van der Waals surface area contributed by atoms with Gasteiger partial charge in [0.25, 0.3) is 0 Å². The average Bonchev–Trinajstić information content (AvgIpc) is 3.94. The molecule has 1 aliphatic heterocycles. The smallest absolute Gasteiger partial charge is 0.462 e. The maximum Gasteiger partial charge on any atom is 0.469 e. The number of allylic oxidation sites excluding steroid dienone is 8. The van der Waals surface area contributed by atoms with E-state index in [1.165, 1.54) is 103 Å². The lowest BCUT2D eigenvalue weighted by Crippen LogP contribution is -2.29. The third kappa shape index (κ3) is 37.7. The van der Waals surface area contributed by atoms with E-state index in [1.54, 1.807) is 0 Å². The molecule has 2 N–H and O–H groups in total. The molecule has 9 nitrogen and oxygen atoms in total. The Hall–Kier alpha value is -2.29. The third-order valence-corrected chi connectivity index (χ3v) is 10.5. The molecule has 0 bridgehead atoms. The Balaban J connectivity index is 2.07. The Morgan fingerprint density at radius 3 is 1.47 bits per heavy atom. The van der Waals surface area contributed by atoms with Crippen LogP contribution in [0, 0.1) is 0 Å². The lowest BCUT2D eigenvalue weighted by atomic mass is 10.0. The highest BCUT2D eigenvalue weighted by atomic mass is 31.2. The van der Waals surface area contributed by atoms with Gasteiger partial charge in [0.2, 0.25) is 0 Å². The van der Waals surface area contributed by atoms with Crippen LogP contribution in [-0.4, -0.2) is 53.3 Å². The third-order valence-electron chi connectivity index (χ3n) is 9.97. The van der Waals surface area contributed by atoms with Crippen LogP contribution in [0.25, 0.3) is 0 Å². The van der Waals surface area contributed by atoms with Gasteiger partial charge in [-0.2, -0.15) is 0 Å². The number of ether oxygens (including phenoxy) is 3. The highest BCUT2D eigenvalue weighted by Crippen LogP contribution is 2.36. The zero-order chi connectivity index (χ0) is 41.5. The molecule has 1 saturated heterocycles. The summed E-state index contributed by atoms with van der Waals surface area (Å²) in [4.78, 5) is 42.9. The Kier molecular flexibility index (Phi) is 35.1. The molecule has 0 amide bonds. The molecule has 1 aliphatic rings. The number of esters is 2. The van der Waals surface area contributed by atoms with E-state index in [1.807, 2.05) is 12.2 Å². The molecule has 0 radical (unpaired) electrons. The van der Waals surface area contributed by atoms with E-state index in [-0.39, 0.29) is 19.4 Å². The second-order valence-corrected chi connectivity index (χ2v) is 16.6. The number of rotatable bonds is 40. The molecule has 0 saturated carbocycles. The van der Waals surface area contributed by atoms with Crippen molar-refractivity contribution < 1.29 is 42.7 Å². The Bertz CT molecular complexity index is 1170. The summed E-state index contributed by atoms with van der Waals surface area (Å²) in [6, 6.07) is 0. The summed E-state index contributed by atoms with van der Waals surface area (Å²) in [5.74, 6) is -0.983. The Morgan fingerprint density at radius 2 is 1.00 bits per heavy atom. The van der Waals surface area contributed by atoms with E-state index in [0.717, 1.165) is 51.4 Å². The molecule has 1 heterocycles. The highest BCUT2D eigenvalue weighted by Gasteiger charge is 2.35. The summed E-state index contributed by atoms with van der Waals surface area (Å²) in [5, 5.41) is 0. The first-order valence-corrected chi connectivity index (χ1v) is 24.2. The second kappa shape index (κ2) is 37.9. The minimum absolute atomic E-state index is 0.0830. The molecular weight excluding hydrogens is 739 g/mol. The molecule has 0 aromatic carbocycles. The van der Waals surface area contributed by atoms with Crippen LogP contribution >= 0.6 is 7.82 Å². The number of epoxide rings is 1. The molecule has 0 aromatic heterocycles. The quantitative estimate of drug-likeness (QED) is 0.0204. The number of unbranched alkanes of at least 4 members (excludes halogenated alkanes) is 18. The lowest BCUT2D eigenvalue weighted by Gasteiger charge is -2.18. The summed E-state index contributed by atoms with van der Waals surface area (Å²) in [5.41, 5.74) is 0. The summed E-state index contributed by atoms with van der Waals surface area (Å²) in [7, 11) is -4.78. The van der Waals surface area contributed by atoms with Gasteiger partial charge in [0.15, 0.2) is 6.10 Å². The largest absolute Gasteiger partial charge is 0.469 e. The topological polar surface area (TPSA) is 132 Å². The molecule has 0 aromatic rings. The van der Waals surface area contributed by atoms with Gasteiger partial charge in [0.1, 0.15) is 6.61 Å². The molecule has 3 atom stereocenters. The van der Waals surface area contributed by atoms with Crippen molar-refractivity contribution in [2.75, 3.05) is 13.2 Å². The van der Waals surface area contributed by atoms with Gasteiger partial charge in [-0.15, -0.1) is 0 Å². The van der Waals surface area contributed by atoms with E-state index < -0.39 is 32.5 Å². The molecule has 2 unspecified atom stereocenters. The van der Waals surface area contributed by atoms with Gasteiger partial charge in [-0.05, 0) is 51.4 Å². The fraction of sp³-hybridized carbons (Fsp3) is 0.745. The normalized spacial score (nSPS) is 16.6. The molecule has 328 valence electrons. The first-order chi connectivity index (χ1) is 27.7. The average molecular weight is 821 g/mol. The van der Waals surface area contributed by atoms with Gasteiger partial charge in [-0.1, -0.05) is 190 Å². The summed E-state index contributed by atoms with van der Waals surface area (Å²) < 4.78 is 32.0. The van der Waals surface area contributed by atoms with E-state index in [2.05, 4.69) is 67.0 Å². The van der Waals surface area contributed by atoms with Gasteiger partial charge >= 0.3 is 19.8 Å². The predicted molar refractivity (Wildman–Crippen MR) is 234 cm³/mol. The molecular formula is C47H81O9P. The van der Waals surface area contributed by atoms with E-state index >= 15 is 0 Å². The van der Waals surface area contributed by atoms with Crippen molar-refractivity contribution in [1.82, 2.24) is 0 Å². The maximum atomic E-state index is 12.4. The van der Waals surface area contributed by atoms with Crippen molar-refractivity contribution >= 4 is 19.8 Å².